The Morgan fingerprint density at radius 1 is 1.17 bits per heavy atom. The fraction of sp³-hybridized carbons (Fsp3) is 0.400. The van der Waals surface area contributed by atoms with Crippen molar-refractivity contribution in [1.29, 1.82) is 0 Å². The Morgan fingerprint density at radius 3 is 2.57 bits per heavy atom. The van der Waals surface area contributed by atoms with Crippen molar-refractivity contribution in [3.05, 3.63) is 71.5 Å². The summed E-state index contributed by atoms with van der Waals surface area (Å²) in [5.74, 6) is -0.613. The summed E-state index contributed by atoms with van der Waals surface area (Å²) in [6.07, 6.45) is 8.60. The van der Waals surface area contributed by atoms with Crippen molar-refractivity contribution < 1.29 is 9.59 Å². The van der Waals surface area contributed by atoms with Gasteiger partial charge in [-0.3, -0.25) is 19.2 Å². The molecule has 3 aromatic rings. The van der Waals surface area contributed by atoms with E-state index in [0.29, 0.717) is 12.8 Å². The van der Waals surface area contributed by atoms with Crippen LogP contribution in [0.4, 0.5) is 5.82 Å². The maximum Gasteiger partial charge on any atom is 0.254 e. The molecule has 10 heteroatoms. The van der Waals surface area contributed by atoms with Gasteiger partial charge in [-0.05, 0) is 37.8 Å². The topological polar surface area (TPSA) is 115 Å². The predicted octanol–water partition coefficient (Wildman–Crippen LogP) is 2.43. The molecule has 0 atom stereocenters. The average Bonchev–Trinajstić information content (AvgIpc) is 3.47. The highest BCUT2D eigenvalue weighted by Gasteiger charge is 2.41. The van der Waals surface area contributed by atoms with Crippen LogP contribution >= 0.6 is 0 Å². The lowest BCUT2D eigenvalue weighted by Crippen LogP contribution is -2.47. The monoisotopic (exact) mass is 472 g/mol. The normalized spacial score (nSPS) is 17.6. The van der Waals surface area contributed by atoms with Crippen molar-refractivity contribution >= 4 is 17.6 Å². The number of anilines is 1. The molecule has 1 aromatic carbocycles. The van der Waals surface area contributed by atoms with Crippen molar-refractivity contribution in [2.45, 2.75) is 37.8 Å². The summed E-state index contributed by atoms with van der Waals surface area (Å²) in [6, 6.07) is 9.98. The molecule has 1 saturated carbocycles. The number of carbonyl (C=O) groups is 2. The number of nitrogens with zero attached hydrogens (tertiary/aromatic N) is 6. The lowest BCUT2D eigenvalue weighted by Gasteiger charge is -2.38. The van der Waals surface area contributed by atoms with Crippen LogP contribution in [0.1, 0.15) is 41.6 Å². The number of amides is 2. The minimum atomic E-state index is -0.645. The Kier molecular flexibility index (Phi) is 6.09. The van der Waals surface area contributed by atoms with Gasteiger partial charge in [-0.15, -0.1) is 0 Å². The van der Waals surface area contributed by atoms with Gasteiger partial charge in [-0.1, -0.05) is 18.2 Å². The van der Waals surface area contributed by atoms with Gasteiger partial charge in [0.2, 0.25) is 12.5 Å². The molecule has 2 amide bonds. The van der Waals surface area contributed by atoms with Crippen molar-refractivity contribution in [3.63, 3.8) is 0 Å². The van der Waals surface area contributed by atoms with Crippen LogP contribution in [-0.4, -0.2) is 55.9 Å². The highest BCUT2D eigenvalue weighted by atomic mass is 16.2. The zero-order valence-electron chi connectivity index (χ0n) is 19.4. The van der Waals surface area contributed by atoms with Crippen LogP contribution < -0.4 is 11.1 Å². The van der Waals surface area contributed by atoms with Crippen LogP contribution in [0.5, 0.6) is 0 Å². The number of para-hydroxylation sites is 1. The fourth-order valence-corrected chi connectivity index (χ4v) is 4.61. The Hall–Kier alpha value is -3.97. The van der Waals surface area contributed by atoms with Gasteiger partial charge in [0.1, 0.15) is 11.1 Å². The van der Waals surface area contributed by atoms with Gasteiger partial charge in [0.25, 0.3) is 5.91 Å². The zero-order chi connectivity index (χ0) is 24.4. The van der Waals surface area contributed by atoms with Gasteiger partial charge in [0.15, 0.2) is 5.82 Å². The predicted molar refractivity (Wildman–Crippen MR) is 130 cm³/mol. The molecular weight excluding hydrogens is 444 g/mol. The first-order valence-corrected chi connectivity index (χ1v) is 11.8. The molecule has 0 radical (unpaired) electrons. The minimum Gasteiger partial charge on any atom is -0.365 e. The number of primary amides is 1. The summed E-state index contributed by atoms with van der Waals surface area (Å²) in [6.45, 7) is 10.1. The molecule has 0 bridgehead atoms. The highest BCUT2D eigenvalue weighted by Crippen LogP contribution is 2.34. The largest absolute Gasteiger partial charge is 0.365 e. The second-order valence-electron chi connectivity index (χ2n) is 9.41. The van der Waals surface area contributed by atoms with Crippen molar-refractivity contribution in [2.75, 3.05) is 25.0 Å². The smallest absolute Gasteiger partial charge is 0.254 e. The van der Waals surface area contributed by atoms with Crippen LogP contribution in [0.2, 0.25) is 0 Å². The van der Waals surface area contributed by atoms with E-state index < -0.39 is 11.4 Å². The van der Waals surface area contributed by atoms with E-state index in [1.807, 2.05) is 47.4 Å². The maximum atomic E-state index is 12.3. The summed E-state index contributed by atoms with van der Waals surface area (Å²) in [5.41, 5.74) is 7.33. The standard InChI is InChI=1S/C25H28N8O2/c1-27-17-25(33-16-21(22(26)34)23(30-33)29-24(35)19-7-8-19)9-11-31(12-10-25)14-18-13-28-32(15-18)20-5-3-2-4-6-20/h2-6,13,15-16,19H,7-12,14,17H2,(H2,26,34)(H,29,30,35). The Morgan fingerprint density at radius 2 is 1.91 bits per heavy atom. The number of hydrogen-bond acceptors (Lipinski definition) is 5. The van der Waals surface area contributed by atoms with Crippen LogP contribution in [-0.2, 0) is 16.9 Å². The van der Waals surface area contributed by atoms with Gasteiger partial charge in [0.05, 0.1) is 11.9 Å². The molecule has 1 aliphatic heterocycles. The quantitative estimate of drug-likeness (QED) is 0.489. The molecule has 1 aliphatic carbocycles. The van der Waals surface area contributed by atoms with Crippen LogP contribution in [0.15, 0.2) is 48.9 Å². The molecule has 180 valence electrons. The number of carbonyl (C=O) groups excluding carboxylic acids is 2. The van der Waals surface area contributed by atoms with E-state index in [4.69, 9.17) is 12.3 Å². The first-order valence-electron chi connectivity index (χ1n) is 11.8. The van der Waals surface area contributed by atoms with E-state index in [1.54, 1.807) is 10.9 Å². The third kappa shape index (κ3) is 4.81. The molecule has 0 unspecified atom stereocenters. The third-order valence-corrected chi connectivity index (χ3v) is 6.88. The molecule has 3 N–H and O–H groups in total. The first-order chi connectivity index (χ1) is 17.0. The van der Waals surface area contributed by atoms with Crippen molar-refractivity contribution in [2.24, 2.45) is 11.7 Å². The van der Waals surface area contributed by atoms with Crippen LogP contribution in [0, 0.1) is 12.5 Å². The molecule has 35 heavy (non-hydrogen) atoms. The number of rotatable bonds is 8. The summed E-state index contributed by atoms with van der Waals surface area (Å²) in [7, 11) is 0. The summed E-state index contributed by atoms with van der Waals surface area (Å²) in [5, 5.41) is 11.8. The van der Waals surface area contributed by atoms with E-state index in [-0.39, 0.29) is 29.8 Å². The Labute approximate surface area is 203 Å². The molecule has 1 saturated heterocycles. The second-order valence-corrected chi connectivity index (χ2v) is 9.41. The maximum absolute atomic E-state index is 12.3. The summed E-state index contributed by atoms with van der Waals surface area (Å²) in [4.78, 5) is 30.3. The minimum absolute atomic E-state index is 0.0208. The highest BCUT2D eigenvalue weighted by molar-refractivity contribution is 6.02. The van der Waals surface area contributed by atoms with Gasteiger partial charge in [-0.25, -0.2) is 11.3 Å². The Balaban J connectivity index is 1.29. The molecule has 2 aromatic heterocycles. The number of aromatic nitrogens is 4. The molecular formula is C25H28N8O2. The van der Waals surface area contributed by atoms with Gasteiger partial charge in [0, 0.05) is 43.5 Å². The number of nitrogens with two attached hydrogens (primary N) is 1. The van der Waals surface area contributed by atoms with Gasteiger partial charge >= 0.3 is 0 Å². The molecule has 2 fully saturated rings. The molecule has 3 heterocycles. The van der Waals surface area contributed by atoms with Crippen LogP contribution in [0.25, 0.3) is 10.5 Å². The molecule has 2 aliphatic rings. The van der Waals surface area contributed by atoms with E-state index >= 15 is 0 Å². The van der Waals surface area contributed by atoms with Gasteiger partial charge in [-0.2, -0.15) is 10.2 Å². The van der Waals surface area contributed by atoms with E-state index in [9.17, 15) is 9.59 Å². The summed E-state index contributed by atoms with van der Waals surface area (Å²) < 4.78 is 3.56. The van der Waals surface area contributed by atoms with Crippen molar-refractivity contribution in [3.8, 4) is 5.69 Å². The van der Waals surface area contributed by atoms with Gasteiger partial charge < -0.3 is 15.9 Å². The van der Waals surface area contributed by atoms with E-state index in [0.717, 1.165) is 43.7 Å². The van der Waals surface area contributed by atoms with E-state index in [1.165, 1.54) is 0 Å². The second kappa shape index (κ2) is 9.35. The first kappa shape index (κ1) is 22.8. The number of nitrogens with one attached hydrogen (secondary N) is 1. The van der Waals surface area contributed by atoms with E-state index in [2.05, 4.69) is 25.3 Å². The molecule has 0 spiro atoms. The molecule has 10 nitrogen and oxygen atoms in total. The lowest BCUT2D eigenvalue weighted by molar-refractivity contribution is -0.117. The third-order valence-electron chi connectivity index (χ3n) is 6.88. The lowest BCUT2D eigenvalue weighted by atomic mass is 9.87. The zero-order valence-corrected chi connectivity index (χ0v) is 19.4. The van der Waals surface area contributed by atoms with Crippen LogP contribution in [0.3, 0.4) is 0 Å². The number of hydrogen-bond donors (Lipinski definition) is 2. The molecule has 5 rings (SSSR count). The number of piperidine rings is 1. The average molecular weight is 473 g/mol. The number of benzene rings is 1. The SMILES string of the molecule is [C-]#[N+]CC1(n2cc(C(N)=O)c(NC(=O)C3CC3)n2)CCN(Cc2cnn(-c3ccccc3)c2)CC1. The number of likely N-dealkylation sites (tertiary alicyclic amines) is 1. The van der Waals surface area contributed by atoms with Crippen molar-refractivity contribution in [1.82, 2.24) is 24.5 Å². The fourth-order valence-electron chi connectivity index (χ4n) is 4.61. The Bertz CT molecular complexity index is 1260. The summed E-state index contributed by atoms with van der Waals surface area (Å²) >= 11 is 0.